The van der Waals surface area contributed by atoms with Crippen molar-refractivity contribution in [1.82, 2.24) is 0 Å². The molecule has 0 unspecified atom stereocenters. The molecule has 0 aliphatic carbocycles. The van der Waals surface area contributed by atoms with Crippen molar-refractivity contribution in [2.75, 3.05) is 18.5 Å². The average Bonchev–Trinajstić information content (AvgIpc) is 2.23. The number of rotatable bonds is 4. The summed E-state index contributed by atoms with van der Waals surface area (Å²) in [5, 5.41) is 2.99. The SMILES string of the molecule is CC#CCNc1ccc(OCC)c(F)c1. The van der Waals surface area contributed by atoms with Gasteiger partial charge in [-0.15, -0.1) is 5.92 Å². The van der Waals surface area contributed by atoms with Gasteiger partial charge in [0.1, 0.15) is 0 Å². The molecular weight excluding hydrogens is 193 g/mol. The van der Waals surface area contributed by atoms with Gasteiger partial charge in [0.15, 0.2) is 11.6 Å². The van der Waals surface area contributed by atoms with E-state index in [-0.39, 0.29) is 11.6 Å². The number of hydrogen-bond acceptors (Lipinski definition) is 2. The van der Waals surface area contributed by atoms with Crippen LogP contribution < -0.4 is 10.1 Å². The summed E-state index contributed by atoms with van der Waals surface area (Å²) in [5.41, 5.74) is 0.707. The van der Waals surface area contributed by atoms with E-state index in [1.165, 1.54) is 6.07 Å². The second-order valence-electron chi connectivity index (χ2n) is 2.86. The van der Waals surface area contributed by atoms with Crippen molar-refractivity contribution in [2.45, 2.75) is 13.8 Å². The lowest BCUT2D eigenvalue weighted by Gasteiger charge is -2.07. The van der Waals surface area contributed by atoms with Crippen LogP contribution in [0, 0.1) is 17.7 Å². The lowest BCUT2D eigenvalue weighted by atomic mass is 10.3. The Kier molecular flexibility index (Phi) is 4.49. The Morgan fingerprint density at radius 1 is 1.47 bits per heavy atom. The van der Waals surface area contributed by atoms with Crippen LogP contribution in [0.25, 0.3) is 0 Å². The smallest absolute Gasteiger partial charge is 0.167 e. The Balaban J connectivity index is 2.67. The number of nitrogens with one attached hydrogen (secondary N) is 1. The van der Waals surface area contributed by atoms with Gasteiger partial charge in [0.2, 0.25) is 0 Å². The van der Waals surface area contributed by atoms with Crippen molar-refractivity contribution in [3.8, 4) is 17.6 Å². The Morgan fingerprint density at radius 3 is 2.87 bits per heavy atom. The number of ether oxygens (including phenoxy) is 1. The monoisotopic (exact) mass is 207 g/mol. The minimum Gasteiger partial charge on any atom is -0.491 e. The van der Waals surface area contributed by atoms with Crippen molar-refractivity contribution in [2.24, 2.45) is 0 Å². The molecule has 0 bridgehead atoms. The van der Waals surface area contributed by atoms with Gasteiger partial charge < -0.3 is 10.1 Å². The van der Waals surface area contributed by atoms with Crippen LogP contribution in [0.4, 0.5) is 10.1 Å². The van der Waals surface area contributed by atoms with Crippen LogP contribution in [0.15, 0.2) is 18.2 Å². The average molecular weight is 207 g/mol. The van der Waals surface area contributed by atoms with Crippen LogP contribution in [0.1, 0.15) is 13.8 Å². The first-order chi connectivity index (χ1) is 7.27. The zero-order chi connectivity index (χ0) is 11.1. The van der Waals surface area contributed by atoms with Crippen LogP contribution in [-0.4, -0.2) is 13.2 Å². The maximum atomic E-state index is 13.3. The van der Waals surface area contributed by atoms with E-state index in [1.807, 2.05) is 6.92 Å². The van der Waals surface area contributed by atoms with Gasteiger partial charge in [0.05, 0.1) is 13.2 Å². The number of hydrogen-bond donors (Lipinski definition) is 1. The lowest BCUT2D eigenvalue weighted by molar-refractivity contribution is 0.321. The number of benzene rings is 1. The molecular formula is C12H14FNO. The molecule has 1 N–H and O–H groups in total. The van der Waals surface area contributed by atoms with Gasteiger partial charge in [0, 0.05) is 11.8 Å². The summed E-state index contributed by atoms with van der Waals surface area (Å²) in [6.07, 6.45) is 0. The molecule has 1 rings (SSSR count). The summed E-state index contributed by atoms with van der Waals surface area (Å²) >= 11 is 0. The topological polar surface area (TPSA) is 21.3 Å². The maximum Gasteiger partial charge on any atom is 0.167 e. The summed E-state index contributed by atoms with van der Waals surface area (Å²) in [6.45, 7) is 4.57. The third kappa shape index (κ3) is 3.51. The molecule has 0 fully saturated rings. The number of halogens is 1. The van der Waals surface area contributed by atoms with Gasteiger partial charge in [-0.2, -0.15) is 0 Å². The first-order valence-corrected chi connectivity index (χ1v) is 4.83. The molecule has 0 saturated heterocycles. The van der Waals surface area contributed by atoms with E-state index < -0.39 is 0 Å². The minimum atomic E-state index is -0.355. The summed E-state index contributed by atoms with van der Waals surface area (Å²) < 4.78 is 18.4. The van der Waals surface area contributed by atoms with Gasteiger partial charge in [-0.3, -0.25) is 0 Å². The van der Waals surface area contributed by atoms with Crippen LogP contribution in [-0.2, 0) is 0 Å². The predicted molar refractivity (Wildman–Crippen MR) is 59.5 cm³/mol. The fourth-order valence-electron chi connectivity index (χ4n) is 1.12. The predicted octanol–water partition coefficient (Wildman–Crippen LogP) is 2.66. The molecule has 3 heteroatoms. The van der Waals surface area contributed by atoms with Crippen molar-refractivity contribution in [3.63, 3.8) is 0 Å². The molecule has 15 heavy (non-hydrogen) atoms. The van der Waals surface area contributed by atoms with Crippen LogP contribution in [0.5, 0.6) is 5.75 Å². The molecule has 0 aliphatic rings. The Morgan fingerprint density at radius 2 is 2.27 bits per heavy atom. The summed E-state index contributed by atoms with van der Waals surface area (Å²) in [6, 6.07) is 4.79. The summed E-state index contributed by atoms with van der Waals surface area (Å²) in [4.78, 5) is 0. The summed E-state index contributed by atoms with van der Waals surface area (Å²) in [5.74, 6) is 5.52. The van der Waals surface area contributed by atoms with E-state index in [0.29, 0.717) is 18.8 Å². The van der Waals surface area contributed by atoms with Crippen molar-refractivity contribution < 1.29 is 9.13 Å². The van der Waals surface area contributed by atoms with Gasteiger partial charge in [0.25, 0.3) is 0 Å². The van der Waals surface area contributed by atoms with E-state index in [4.69, 9.17) is 4.74 Å². The van der Waals surface area contributed by atoms with Crippen molar-refractivity contribution in [1.29, 1.82) is 0 Å². The molecule has 0 heterocycles. The maximum absolute atomic E-state index is 13.3. The second-order valence-corrected chi connectivity index (χ2v) is 2.86. The normalized spacial score (nSPS) is 9.00. The number of anilines is 1. The molecule has 2 nitrogen and oxygen atoms in total. The zero-order valence-electron chi connectivity index (χ0n) is 8.93. The molecule has 0 spiro atoms. The van der Waals surface area contributed by atoms with E-state index >= 15 is 0 Å². The molecule has 0 aliphatic heterocycles. The van der Waals surface area contributed by atoms with E-state index in [9.17, 15) is 4.39 Å². The molecule has 1 aromatic rings. The van der Waals surface area contributed by atoms with Crippen molar-refractivity contribution >= 4 is 5.69 Å². The highest BCUT2D eigenvalue weighted by Crippen LogP contribution is 2.20. The fraction of sp³-hybridized carbons (Fsp3) is 0.333. The largest absolute Gasteiger partial charge is 0.491 e. The van der Waals surface area contributed by atoms with Gasteiger partial charge >= 0.3 is 0 Å². The van der Waals surface area contributed by atoms with E-state index in [2.05, 4.69) is 17.2 Å². The Hall–Kier alpha value is -1.69. The highest BCUT2D eigenvalue weighted by atomic mass is 19.1. The molecule has 0 aromatic heterocycles. The fourth-order valence-corrected chi connectivity index (χ4v) is 1.12. The molecule has 1 aromatic carbocycles. The molecule has 0 amide bonds. The molecule has 0 atom stereocenters. The molecule has 0 saturated carbocycles. The standard InChI is InChI=1S/C12H14FNO/c1-3-5-8-14-10-6-7-12(15-4-2)11(13)9-10/h6-7,9,14H,4,8H2,1-2H3. The Bertz CT molecular complexity index is 379. The van der Waals surface area contributed by atoms with Crippen molar-refractivity contribution in [3.05, 3.63) is 24.0 Å². The summed E-state index contributed by atoms with van der Waals surface area (Å²) in [7, 11) is 0. The second kappa shape index (κ2) is 5.92. The molecule has 0 radical (unpaired) electrons. The highest BCUT2D eigenvalue weighted by molar-refractivity contribution is 5.48. The lowest BCUT2D eigenvalue weighted by Crippen LogP contribution is -2.00. The minimum absolute atomic E-state index is 0.282. The van der Waals surface area contributed by atoms with Gasteiger partial charge in [-0.1, -0.05) is 5.92 Å². The first kappa shape index (κ1) is 11.4. The third-order valence-electron chi connectivity index (χ3n) is 1.79. The van der Waals surface area contributed by atoms with E-state index in [0.717, 1.165) is 0 Å². The van der Waals surface area contributed by atoms with E-state index in [1.54, 1.807) is 19.1 Å². The quantitative estimate of drug-likeness (QED) is 0.766. The van der Waals surface area contributed by atoms with Gasteiger partial charge in [-0.25, -0.2) is 4.39 Å². The van der Waals surface area contributed by atoms with Crippen LogP contribution in [0.2, 0.25) is 0 Å². The Labute approximate surface area is 89.4 Å². The van der Waals surface area contributed by atoms with Crippen LogP contribution in [0.3, 0.4) is 0 Å². The van der Waals surface area contributed by atoms with Gasteiger partial charge in [-0.05, 0) is 26.0 Å². The third-order valence-corrected chi connectivity index (χ3v) is 1.79. The zero-order valence-corrected chi connectivity index (χ0v) is 8.93. The van der Waals surface area contributed by atoms with Crippen LogP contribution >= 0.6 is 0 Å². The highest BCUT2D eigenvalue weighted by Gasteiger charge is 2.02. The molecule has 80 valence electrons. The first-order valence-electron chi connectivity index (χ1n) is 4.83.